The van der Waals surface area contributed by atoms with E-state index in [9.17, 15) is 25.9 Å². The van der Waals surface area contributed by atoms with Crippen molar-refractivity contribution >= 4 is 55.8 Å². The van der Waals surface area contributed by atoms with Crippen LogP contribution in [0.25, 0.3) is 0 Å². The first-order chi connectivity index (χ1) is 19.0. The summed E-state index contributed by atoms with van der Waals surface area (Å²) >= 11 is 2.91. The van der Waals surface area contributed by atoms with Crippen LogP contribution in [0, 0.1) is 11.8 Å². The van der Waals surface area contributed by atoms with Gasteiger partial charge < -0.3 is 8.61 Å². The monoisotopic (exact) mass is 626 g/mol. The Bertz CT molecular complexity index is 1370. The lowest BCUT2D eigenvalue weighted by Gasteiger charge is -2.21. The molecular formula is C26H34N4O6S4. The van der Waals surface area contributed by atoms with Crippen molar-refractivity contribution in [3.8, 4) is 0 Å². The number of amidine groups is 2. The second-order valence-corrected chi connectivity index (χ2v) is 14.4. The van der Waals surface area contributed by atoms with E-state index >= 15 is 0 Å². The summed E-state index contributed by atoms with van der Waals surface area (Å²) in [6.07, 6.45) is 3.61. The van der Waals surface area contributed by atoms with Gasteiger partial charge >= 0.3 is 0 Å². The Hall–Kier alpha value is -2.10. The Morgan fingerprint density at radius 2 is 1.10 bits per heavy atom. The second kappa shape index (κ2) is 13.3. The van der Waals surface area contributed by atoms with Gasteiger partial charge in [-0.1, -0.05) is 50.2 Å². The summed E-state index contributed by atoms with van der Waals surface area (Å²) in [5.74, 6) is 2.83. The van der Waals surface area contributed by atoms with Crippen molar-refractivity contribution in [3.63, 3.8) is 0 Å². The normalized spacial score (nSPS) is 22.1. The lowest BCUT2D eigenvalue weighted by Crippen LogP contribution is -2.24. The van der Waals surface area contributed by atoms with E-state index in [2.05, 4.69) is 22.5 Å². The molecule has 2 saturated heterocycles. The van der Waals surface area contributed by atoms with Crippen molar-refractivity contribution in [3.05, 3.63) is 59.7 Å². The molecule has 2 N–H and O–H groups in total. The Balaban J connectivity index is 1.54. The highest BCUT2D eigenvalue weighted by Crippen LogP contribution is 2.34. The molecule has 0 bridgehead atoms. The maximum Gasteiger partial charge on any atom is 0.294 e. The minimum atomic E-state index is -4.32. The highest BCUT2D eigenvalue weighted by atomic mass is 32.2. The Labute approximate surface area is 245 Å². The van der Waals surface area contributed by atoms with E-state index < -0.39 is 20.2 Å². The first kappa shape index (κ1) is 30.8. The molecule has 14 heteroatoms. The minimum absolute atomic E-state index is 0.0903. The van der Waals surface area contributed by atoms with Gasteiger partial charge in [-0.25, -0.2) is 0 Å². The van der Waals surface area contributed by atoms with Crippen molar-refractivity contribution in [2.24, 2.45) is 22.0 Å². The predicted molar refractivity (Wildman–Crippen MR) is 160 cm³/mol. The fourth-order valence-corrected chi connectivity index (χ4v) is 8.71. The molecule has 2 unspecified atom stereocenters. The van der Waals surface area contributed by atoms with Crippen molar-refractivity contribution < 1.29 is 25.9 Å². The zero-order valence-electron chi connectivity index (χ0n) is 22.4. The fraction of sp³-hybridized carbons (Fsp3) is 0.462. The molecule has 10 nitrogen and oxygen atoms in total. The zero-order valence-corrected chi connectivity index (χ0v) is 25.6. The summed E-state index contributed by atoms with van der Waals surface area (Å²) in [6, 6.07) is 12.8. The molecule has 2 aliphatic rings. The first-order valence-corrected chi connectivity index (χ1v) is 17.9. The molecule has 2 atom stereocenters. The Morgan fingerprint density at radius 1 is 0.725 bits per heavy atom. The van der Waals surface area contributed by atoms with E-state index in [1.54, 1.807) is 36.4 Å². The van der Waals surface area contributed by atoms with Crippen LogP contribution in [0.2, 0.25) is 0 Å². The molecule has 2 fully saturated rings. The number of hydrogen-bond donors (Lipinski definition) is 2. The highest BCUT2D eigenvalue weighted by molar-refractivity contribution is 7.97. The van der Waals surface area contributed by atoms with Crippen LogP contribution in [0.15, 0.2) is 68.5 Å². The summed E-state index contributed by atoms with van der Waals surface area (Å²) in [5, 5.41) is 9.47. The molecule has 2 heterocycles. The molecule has 2 aliphatic heterocycles. The third kappa shape index (κ3) is 7.39. The number of hydrogen-bond acceptors (Lipinski definition) is 8. The Morgan fingerprint density at radius 3 is 1.45 bits per heavy atom. The summed E-state index contributed by atoms with van der Waals surface area (Å²) in [4.78, 5) is -0.181. The van der Waals surface area contributed by atoms with Crippen molar-refractivity contribution in [1.82, 2.24) is 8.61 Å². The van der Waals surface area contributed by atoms with Gasteiger partial charge in [-0.05, 0) is 72.8 Å². The molecule has 0 amide bonds. The summed E-state index contributed by atoms with van der Waals surface area (Å²) in [7, 11) is -8.64. The van der Waals surface area contributed by atoms with Crippen LogP contribution in [-0.4, -0.2) is 59.3 Å². The number of rotatable bonds is 11. The molecule has 0 saturated carbocycles. The maximum absolute atomic E-state index is 11.8. The Kier molecular flexibility index (Phi) is 10.2. The predicted octanol–water partition coefficient (Wildman–Crippen LogP) is 5.35. The van der Waals surface area contributed by atoms with Gasteiger partial charge in [-0.15, -0.1) is 10.2 Å². The van der Waals surface area contributed by atoms with Crippen molar-refractivity contribution in [2.75, 3.05) is 13.1 Å². The molecule has 0 spiro atoms. The van der Waals surface area contributed by atoms with E-state index in [-0.39, 0.29) is 21.6 Å². The third-order valence-electron chi connectivity index (χ3n) is 7.10. The van der Waals surface area contributed by atoms with Crippen LogP contribution in [0.1, 0.15) is 50.7 Å². The lowest BCUT2D eigenvalue weighted by atomic mass is 10.1. The number of nitrogens with zero attached hydrogens (tertiary/aromatic N) is 4. The van der Waals surface area contributed by atoms with Crippen molar-refractivity contribution in [1.29, 1.82) is 0 Å². The number of benzene rings is 2. The van der Waals surface area contributed by atoms with E-state index in [1.807, 2.05) is 0 Å². The van der Waals surface area contributed by atoms with E-state index in [4.69, 9.17) is 10.2 Å². The van der Waals surface area contributed by atoms with E-state index in [0.717, 1.165) is 50.4 Å². The van der Waals surface area contributed by atoms with E-state index in [0.29, 0.717) is 22.6 Å². The van der Waals surface area contributed by atoms with Crippen LogP contribution in [0.3, 0.4) is 0 Å². The first-order valence-electron chi connectivity index (χ1n) is 13.1. The smallest absolute Gasteiger partial charge is 0.294 e. The van der Waals surface area contributed by atoms with Gasteiger partial charge in [0.15, 0.2) is 0 Å². The quantitative estimate of drug-likeness (QED) is 0.190. The minimum Gasteiger partial charge on any atom is -0.302 e. The average molecular weight is 627 g/mol. The topological polar surface area (TPSA) is 140 Å². The zero-order chi connectivity index (χ0) is 28.9. The lowest BCUT2D eigenvalue weighted by molar-refractivity contribution is 0.480. The van der Waals surface area contributed by atoms with Gasteiger partial charge in [0.25, 0.3) is 20.2 Å². The highest BCUT2D eigenvalue weighted by Gasteiger charge is 2.32. The summed E-state index contributed by atoms with van der Waals surface area (Å²) < 4.78 is 70.6. The van der Waals surface area contributed by atoms with Gasteiger partial charge in [0.05, 0.1) is 9.79 Å². The van der Waals surface area contributed by atoms with Gasteiger partial charge in [0, 0.05) is 36.4 Å². The fourth-order valence-electron chi connectivity index (χ4n) is 4.89. The van der Waals surface area contributed by atoms with Gasteiger partial charge in [-0.2, -0.15) is 16.8 Å². The van der Waals surface area contributed by atoms with Crippen LogP contribution < -0.4 is 0 Å². The molecule has 40 heavy (non-hydrogen) atoms. The molecule has 218 valence electrons. The molecular weight excluding hydrogens is 593 g/mol. The van der Waals surface area contributed by atoms with Gasteiger partial charge in [0.2, 0.25) is 0 Å². The third-order valence-corrected chi connectivity index (χ3v) is 11.2. The summed E-state index contributed by atoms with van der Waals surface area (Å²) in [6.45, 7) is 5.72. The van der Waals surface area contributed by atoms with Crippen LogP contribution in [0.5, 0.6) is 0 Å². The largest absolute Gasteiger partial charge is 0.302 e. The molecule has 2 aromatic rings. The average Bonchev–Trinajstić information content (AvgIpc) is 3.51. The molecule has 0 aliphatic carbocycles. The van der Waals surface area contributed by atoms with Crippen LogP contribution in [-0.2, 0) is 31.7 Å². The standard InChI is InChI=1S/C26H34N4O6S4/c1-3-19-13-15-29(37-17-21-9-5-7-11-23(21)39(31,32)33)25(19)27-28-26-20(4-2)14-16-30(26)38-18-22-10-6-8-12-24(22)40(34,35)36/h5-12,19-20H,3-4,13-18H2,1-2H3,(H,31,32,33)(H,34,35,36). The van der Waals surface area contributed by atoms with Crippen molar-refractivity contribution in [2.45, 2.75) is 60.8 Å². The van der Waals surface area contributed by atoms with E-state index in [1.165, 1.54) is 36.0 Å². The van der Waals surface area contributed by atoms with Crippen LogP contribution >= 0.6 is 23.9 Å². The van der Waals surface area contributed by atoms with Gasteiger partial charge in [-0.3, -0.25) is 9.11 Å². The molecule has 0 radical (unpaired) electrons. The van der Waals surface area contributed by atoms with Crippen LogP contribution in [0.4, 0.5) is 0 Å². The molecule has 2 aromatic carbocycles. The maximum atomic E-state index is 11.8. The second-order valence-electron chi connectivity index (χ2n) is 9.62. The summed E-state index contributed by atoms with van der Waals surface area (Å²) in [5.41, 5.74) is 1.05. The SMILES string of the molecule is CCC1CCN(SCc2ccccc2S(=O)(=O)O)C1=NN=C1C(CC)CCN1SCc1ccccc1S(=O)(=O)O. The molecule has 4 rings (SSSR count). The molecule has 0 aromatic heterocycles. The van der Waals surface area contributed by atoms with Gasteiger partial charge in [0.1, 0.15) is 11.7 Å².